The number of ether oxygens (including phenoxy) is 1. The van der Waals surface area contributed by atoms with Crippen LogP contribution in [-0.2, 0) is 10.4 Å². The summed E-state index contributed by atoms with van der Waals surface area (Å²) in [4.78, 5) is 17.3. The fourth-order valence-electron chi connectivity index (χ4n) is 3.24. The summed E-state index contributed by atoms with van der Waals surface area (Å²) in [6, 6.07) is 11.4. The van der Waals surface area contributed by atoms with Crippen LogP contribution in [0.2, 0.25) is 0 Å². The molecule has 30 heavy (non-hydrogen) atoms. The molecule has 2 aromatic rings. The number of aliphatic hydroxyl groups is 2. The first-order valence-electron chi connectivity index (χ1n) is 10.5. The maximum atomic E-state index is 12.9. The molecule has 0 bridgehead atoms. The van der Waals surface area contributed by atoms with Crippen LogP contribution in [0.15, 0.2) is 48.7 Å². The molecule has 164 valence electrons. The number of pyridine rings is 1. The molecule has 0 aliphatic heterocycles. The van der Waals surface area contributed by atoms with Crippen molar-refractivity contribution in [3.05, 3.63) is 59.9 Å². The summed E-state index contributed by atoms with van der Waals surface area (Å²) >= 11 is 0. The Labute approximate surface area is 179 Å². The van der Waals surface area contributed by atoms with Gasteiger partial charge in [-0.25, -0.2) is 0 Å². The number of nitrogens with one attached hydrogen (secondary N) is 1. The first-order chi connectivity index (χ1) is 14.1. The standard InChI is InChI=1S/C24H34N2O4/c1-6-10-17(2)16-30-19-13-14-20(25-15-19)21(23(3,4)28)26-22(27)24(5,29)18-11-8-7-9-12-18/h7-9,11-15,17,21,28-29H,6,10,16H2,1-5H3,(H,26,27)/t17?,21-,24-/m1/s1. The molecule has 0 aliphatic carbocycles. The third-order valence-electron chi connectivity index (χ3n) is 5.13. The highest BCUT2D eigenvalue weighted by molar-refractivity contribution is 5.86. The summed E-state index contributed by atoms with van der Waals surface area (Å²) in [6.07, 6.45) is 3.80. The third-order valence-corrected chi connectivity index (χ3v) is 5.13. The molecule has 1 aromatic carbocycles. The summed E-state index contributed by atoms with van der Waals surface area (Å²) in [6.45, 7) is 9.51. The van der Waals surface area contributed by atoms with E-state index in [9.17, 15) is 15.0 Å². The van der Waals surface area contributed by atoms with Gasteiger partial charge >= 0.3 is 0 Å². The summed E-state index contributed by atoms with van der Waals surface area (Å²) in [5.74, 6) is 0.480. The molecule has 1 heterocycles. The van der Waals surface area contributed by atoms with Crippen molar-refractivity contribution >= 4 is 5.91 Å². The van der Waals surface area contributed by atoms with Gasteiger partial charge in [0, 0.05) is 0 Å². The molecule has 3 atom stereocenters. The number of hydrogen-bond acceptors (Lipinski definition) is 5. The van der Waals surface area contributed by atoms with Crippen LogP contribution in [-0.4, -0.2) is 33.3 Å². The minimum atomic E-state index is -1.75. The molecule has 6 nitrogen and oxygen atoms in total. The van der Waals surface area contributed by atoms with Crippen LogP contribution in [0, 0.1) is 5.92 Å². The quantitative estimate of drug-likeness (QED) is 0.551. The molecule has 6 heteroatoms. The van der Waals surface area contributed by atoms with Gasteiger partial charge in [-0.15, -0.1) is 0 Å². The number of hydrogen-bond donors (Lipinski definition) is 3. The number of rotatable bonds is 10. The van der Waals surface area contributed by atoms with Gasteiger partial charge in [-0.3, -0.25) is 9.78 Å². The van der Waals surface area contributed by atoms with Gasteiger partial charge in [0.2, 0.25) is 0 Å². The van der Waals surface area contributed by atoms with Gasteiger partial charge in [0.25, 0.3) is 5.91 Å². The number of nitrogens with zero attached hydrogens (tertiary/aromatic N) is 1. The van der Waals surface area contributed by atoms with Crippen molar-refractivity contribution in [3.8, 4) is 5.75 Å². The Hall–Kier alpha value is -2.44. The van der Waals surface area contributed by atoms with E-state index in [1.807, 2.05) is 6.07 Å². The van der Waals surface area contributed by atoms with Crippen molar-refractivity contribution in [3.63, 3.8) is 0 Å². The van der Waals surface area contributed by atoms with Gasteiger partial charge < -0.3 is 20.3 Å². The molecule has 0 fully saturated rings. The molecular formula is C24H34N2O4. The number of amides is 1. The van der Waals surface area contributed by atoms with Gasteiger partial charge in [0.05, 0.1) is 30.1 Å². The van der Waals surface area contributed by atoms with Crippen molar-refractivity contribution in [1.29, 1.82) is 0 Å². The molecule has 2 rings (SSSR count). The molecule has 0 aliphatic rings. The zero-order valence-electron chi connectivity index (χ0n) is 18.6. The smallest absolute Gasteiger partial charge is 0.256 e. The fourth-order valence-corrected chi connectivity index (χ4v) is 3.24. The highest BCUT2D eigenvalue weighted by atomic mass is 16.5. The lowest BCUT2D eigenvalue weighted by molar-refractivity contribution is -0.142. The van der Waals surface area contributed by atoms with Gasteiger partial charge in [-0.1, -0.05) is 50.6 Å². The van der Waals surface area contributed by atoms with Crippen molar-refractivity contribution in [2.75, 3.05) is 6.61 Å². The third kappa shape index (κ3) is 6.28. The van der Waals surface area contributed by atoms with E-state index in [4.69, 9.17) is 4.74 Å². The van der Waals surface area contributed by atoms with E-state index in [2.05, 4.69) is 24.1 Å². The Balaban J connectivity index is 2.15. The number of carbonyl (C=O) groups is 1. The minimum absolute atomic E-state index is 0.457. The molecule has 0 saturated carbocycles. The van der Waals surface area contributed by atoms with Crippen LogP contribution >= 0.6 is 0 Å². The summed E-state index contributed by atoms with van der Waals surface area (Å²) in [7, 11) is 0. The Morgan fingerprint density at radius 1 is 1.13 bits per heavy atom. The van der Waals surface area contributed by atoms with Crippen LogP contribution in [0.5, 0.6) is 5.75 Å². The largest absolute Gasteiger partial charge is 0.492 e. The van der Waals surface area contributed by atoms with E-state index < -0.39 is 23.2 Å². The number of benzene rings is 1. The van der Waals surface area contributed by atoms with E-state index in [1.165, 1.54) is 6.92 Å². The van der Waals surface area contributed by atoms with Crippen LogP contribution in [0.4, 0.5) is 0 Å². The Morgan fingerprint density at radius 2 is 1.80 bits per heavy atom. The Kier molecular flexibility index (Phi) is 7.98. The second-order valence-electron chi connectivity index (χ2n) is 8.62. The molecular weight excluding hydrogens is 380 g/mol. The highest BCUT2D eigenvalue weighted by Gasteiger charge is 2.38. The molecule has 3 N–H and O–H groups in total. The topological polar surface area (TPSA) is 91.7 Å². The lowest BCUT2D eigenvalue weighted by Crippen LogP contribution is -2.49. The van der Waals surface area contributed by atoms with Crippen LogP contribution in [0.3, 0.4) is 0 Å². The van der Waals surface area contributed by atoms with Gasteiger partial charge in [0.1, 0.15) is 5.75 Å². The molecule has 0 radical (unpaired) electrons. The predicted molar refractivity (Wildman–Crippen MR) is 117 cm³/mol. The van der Waals surface area contributed by atoms with Gasteiger partial charge in [0.15, 0.2) is 5.60 Å². The van der Waals surface area contributed by atoms with Crippen molar-refractivity contribution < 1.29 is 19.7 Å². The highest BCUT2D eigenvalue weighted by Crippen LogP contribution is 2.28. The van der Waals surface area contributed by atoms with Crippen LogP contribution in [0.1, 0.15) is 64.8 Å². The Morgan fingerprint density at radius 3 is 2.33 bits per heavy atom. The monoisotopic (exact) mass is 414 g/mol. The van der Waals surface area contributed by atoms with E-state index >= 15 is 0 Å². The molecule has 1 aromatic heterocycles. The molecule has 1 unspecified atom stereocenters. The lowest BCUT2D eigenvalue weighted by atomic mass is 9.91. The van der Waals surface area contributed by atoms with E-state index in [0.29, 0.717) is 29.5 Å². The zero-order valence-corrected chi connectivity index (χ0v) is 18.6. The minimum Gasteiger partial charge on any atom is -0.492 e. The summed E-state index contributed by atoms with van der Waals surface area (Å²) in [5.41, 5.74) is -2.10. The lowest BCUT2D eigenvalue weighted by Gasteiger charge is -2.33. The predicted octanol–water partition coefficient (Wildman–Crippen LogP) is 3.73. The zero-order chi connectivity index (χ0) is 22.4. The molecule has 0 spiro atoms. The van der Waals surface area contributed by atoms with Gasteiger partial charge in [-0.05, 0) is 50.8 Å². The van der Waals surface area contributed by atoms with Crippen molar-refractivity contribution in [2.24, 2.45) is 5.92 Å². The summed E-state index contributed by atoms with van der Waals surface area (Å²) < 4.78 is 5.78. The van der Waals surface area contributed by atoms with E-state index in [0.717, 1.165) is 12.8 Å². The van der Waals surface area contributed by atoms with Crippen LogP contribution < -0.4 is 10.1 Å². The second-order valence-corrected chi connectivity index (χ2v) is 8.62. The first kappa shape index (κ1) is 23.8. The van der Waals surface area contributed by atoms with E-state index in [1.54, 1.807) is 56.4 Å². The second kappa shape index (κ2) is 10.0. The maximum absolute atomic E-state index is 12.9. The molecule has 1 amide bonds. The average molecular weight is 415 g/mol. The first-order valence-corrected chi connectivity index (χ1v) is 10.5. The fraction of sp³-hybridized carbons (Fsp3) is 0.500. The molecule has 0 saturated heterocycles. The van der Waals surface area contributed by atoms with Crippen molar-refractivity contribution in [1.82, 2.24) is 10.3 Å². The van der Waals surface area contributed by atoms with Crippen molar-refractivity contribution in [2.45, 2.75) is 64.7 Å². The Bertz CT molecular complexity index is 798. The number of aromatic nitrogens is 1. The SMILES string of the molecule is CCCC(C)COc1ccc([C@@H](NC(=O)[C@](C)(O)c2ccccc2)C(C)(C)O)nc1. The normalized spacial score (nSPS) is 15.7. The number of carbonyl (C=O) groups excluding carboxylic acids is 1. The summed E-state index contributed by atoms with van der Waals surface area (Å²) in [5, 5.41) is 24.2. The maximum Gasteiger partial charge on any atom is 0.256 e. The van der Waals surface area contributed by atoms with Gasteiger partial charge in [-0.2, -0.15) is 0 Å². The van der Waals surface area contributed by atoms with E-state index in [-0.39, 0.29) is 0 Å². The average Bonchev–Trinajstić information content (AvgIpc) is 2.71. The van der Waals surface area contributed by atoms with Crippen LogP contribution in [0.25, 0.3) is 0 Å².